The highest BCUT2D eigenvalue weighted by Crippen LogP contribution is 2.34. The number of halogens is 1. The number of carbonyl (C=O) groups is 1. The van der Waals surface area contributed by atoms with Crippen LogP contribution in [0.2, 0.25) is 5.02 Å². The van der Waals surface area contributed by atoms with E-state index in [0.717, 1.165) is 25.7 Å². The van der Waals surface area contributed by atoms with E-state index in [9.17, 15) is 9.90 Å². The molecule has 0 spiro atoms. The van der Waals surface area contributed by atoms with Crippen molar-refractivity contribution in [2.45, 2.75) is 45.1 Å². The molecule has 0 radical (unpaired) electrons. The molecule has 104 valence electrons. The topological polar surface area (TPSA) is 46.5 Å². The van der Waals surface area contributed by atoms with Crippen molar-refractivity contribution in [1.29, 1.82) is 0 Å². The lowest BCUT2D eigenvalue weighted by molar-refractivity contribution is 0.0682. The van der Waals surface area contributed by atoms with E-state index in [-0.39, 0.29) is 11.7 Å². The first kappa shape index (κ1) is 14.2. The lowest BCUT2D eigenvalue weighted by Gasteiger charge is -2.29. The predicted molar refractivity (Wildman–Crippen MR) is 75.1 cm³/mol. The Hall–Kier alpha value is -1.22. The van der Waals surface area contributed by atoms with Crippen LogP contribution in [0.1, 0.15) is 49.4 Å². The zero-order valence-electron chi connectivity index (χ0n) is 11.1. The molecule has 0 aromatic heterocycles. The van der Waals surface area contributed by atoms with Crippen molar-refractivity contribution in [2.75, 3.05) is 0 Å². The number of hydrogen-bond donors (Lipinski definition) is 1. The Morgan fingerprint density at radius 2 is 2.26 bits per heavy atom. The van der Waals surface area contributed by atoms with Crippen LogP contribution in [0.4, 0.5) is 0 Å². The highest BCUT2D eigenvalue weighted by molar-refractivity contribution is 6.32. The molecular weight excluding hydrogens is 264 g/mol. The number of carboxylic acids is 1. The molecule has 1 aromatic carbocycles. The zero-order valence-corrected chi connectivity index (χ0v) is 11.8. The van der Waals surface area contributed by atoms with Crippen LogP contribution in [0.3, 0.4) is 0 Å². The molecule has 0 amide bonds. The standard InChI is InChI=1S/C15H19ClO3/c1-2-10-5-3-6-11(9-10)19-14-12(15(17)18)7-4-8-13(14)16/h4,7-8,10-11H,2-3,5-6,9H2,1H3,(H,17,18). The van der Waals surface area contributed by atoms with Crippen LogP contribution in [0.25, 0.3) is 0 Å². The third kappa shape index (κ3) is 3.41. The monoisotopic (exact) mass is 282 g/mol. The van der Waals surface area contributed by atoms with Crippen molar-refractivity contribution in [1.82, 2.24) is 0 Å². The van der Waals surface area contributed by atoms with Gasteiger partial charge in [-0.2, -0.15) is 0 Å². The van der Waals surface area contributed by atoms with E-state index in [1.54, 1.807) is 12.1 Å². The summed E-state index contributed by atoms with van der Waals surface area (Å²) in [5.74, 6) is -0.00622. The zero-order chi connectivity index (χ0) is 13.8. The van der Waals surface area contributed by atoms with Crippen LogP contribution in [-0.4, -0.2) is 17.2 Å². The van der Waals surface area contributed by atoms with Crippen molar-refractivity contribution >= 4 is 17.6 Å². The summed E-state index contributed by atoms with van der Waals surface area (Å²) in [6.45, 7) is 2.19. The molecule has 1 aliphatic rings. The number of ether oxygens (including phenoxy) is 1. The molecule has 4 heteroatoms. The molecular formula is C15H19ClO3. The summed E-state index contributed by atoms with van der Waals surface area (Å²) in [4.78, 5) is 11.2. The molecule has 1 saturated carbocycles. The predicted octanol–water partition coefficient (Wildman–Crippen LogP) is 4.39. The lowest BCUT2D eigenvalue weighted by atomic mass is 9.85. The van der Waals surface area contributed by atoms with Crippen LogP contribution >= 0.6 is 11.6 Å². The van der Waals surface area contributed by atoms with Crippen molar-refractivity contribution in [3.8, 4) is 5.75 Å². The van der Waals surface area contributed by atoms with Gasteiger partial charge in [0.05, 0.1) is 11.1 Å². The van der Waals surface area contributed by atoms with E-state index in [1.165, 1.54) is 12.5 Å². The van der Waals surface area contributed by atoms with Crippen LogP contribution in [0, 0.1) is 5.92 Å². The average Bonchev–Trinajstić information content (AvgIpc) is 2.41. The van der Waals surface area contributed by atoms with E-state index >= 15 is 0 Å². The van der Waals surface area contributed by atoms with Crippen molar-refractivity contribution in [3.05, 3.63) is 28.8 Å². The summed E-state index contributed by atoms with van der Waals surface area (Å²) < 4.78 is 5.90. The quantitative estimate of drug-likeness (QED) is 0.891. The third-order valence-electron chi connectivity index (χ3n) is 3.79. The first-order chi connectivity index (χ1) is 9.11. The number of benzene rings is 1. The summed E-state index contributed by atoms with van der Waals surface area (Å²) in [6, 6.07) is 4.83. The van der Waals surface area contributed by atoms with Crippen LogP contribution < -0.4 is 4.74 Å². The molecule has 2 rings (SSSR count). The Morgan fingerprint density at radius 1 is 1.47 bits per heavy atom. The van der Waals surface area contributed by atoms with Gasteiger partial charge in [0.1, 0.15) is 5.56 Å². The molecule has 1 fully saturated rings. The Labute approximate surface area is 118 Å². The second-order valence-electron chi connectivity index (χ2n) is 5.10. The first-order valence-corrected chi connectivity index (χ1v) is 7.18. The fraction of sp³-hybridized carbons (Fsp3) is 0.533. The van der Waals surface area contributed by atoms with Crippen LogP contribution in [-0.2, 0) is 0 Å². The smallest absolute Gasteiger partial charge is 0.339 e. The van der Waals surface area contributed by atoms with E-state index in [2.05, 4.69) is 6.92 Å². The molecule has 2 atom stereocenters. The van der Waals surface area contributed by atoms with Gasteiger partial charge in [-0.1, -0.05) is 37.4 Å². The maximum atomic E-state index is 11.2. The molecule has 2 unspecified atom stereocenters. The largest absolute Gasteiger partial charge is 0.488 e. The van der Waals surface area contributed by atoms with Gasteiger partial charge in [0.25, 0.3) is 0 Å². The van der Waals surface area contributed by atoms with E-state index < -0.39 is 5.97 Å². The number of rotatable bonds is 4. The number of carboxylic acid groups (broad SMARTS) is 1. The SMILES string of the molecule is CCC1CCCC(Oc2c(Cl)cccc2C(=O)O)C1. The molecule has 1 N–H and O–H groups in total. The summed E-state index contributed by atoms with van der Waals surface area (Å²) in [6.07, 6.45) is 5.56. The van der Waals surface area contributed by atoms with Gasteiger partial charge < -0.3 is 9.84 Å². The molecule has 0 aliphatic heterocycles. The van der Waals surface area contributed by atoms with E-state index in [0.29, 0.717) is 16.7 Å². The van der Waals surface area contributed by atoms with Gasteiger partial charge in [0.15, 0.2) is 5.75 Å². The molecule has 3 nitrogen and oxygen atoms in total. The van der Waals surface area contributed by atoms with Crippen molar-refractivity contribution < 1.29 is 14.6 Å². The van der Waals surface area contributed by atoms with Crippen LogP contribution in [0.5, 0.6) is 5.75 Å². The third-order valence-corrected chi connectivity index (χ3v) is 4.09. The van der Waals surface area contributed by atoms with Gasteiger partial charge in [-0.05, 0) is 37.3 Å². The van der Waals surface area contributed by atoms with Crippen LogP contribution in [0.15, 0.2) is 18.2 Å². The summed E-state index contributed by atoms with van der Waals surface area (Å²) in [5, 5.41) is 9.55. The second-order valence-corrected chi connectivity index (χ2v) is 5.51. The Kier molecular flexibility index (Phi) is 4.70. The number of hydrogen-bond acceptors (Lipinski definition) is 2. The normalized spacial score (nSPS) is 23.1. The van der Waals surface area contributed by atoms with Crippen molar-refractivity contribution in [3.63, 3.8) is 0 Å². The molecule has 0 saturated heterocycles. The molecule has 0 bridgehead atoms. The maximum Gasteiger partial charge on any atom is 0.339 e. The Bertz CT molecular complexity index is 459. The highest BCUT2D eigenvalue weighted by Gasteiger charge is 2.24. The fourth-order valence-corrected chi connectivity index (χ4v) is 2.90. The van der Waals surface area contributed by atoms with E-state index in [4.69, 9.17) is 16.3 Å². The lowest BCUT2D eigenvalue weighted by Crippen LogP contribution is -2.26. The maximum absolute atomic E-state index is 11.2. The number of aromatic carboxylic acids is 1. The van der Waals surface area contributed by atoms with E-state index in [1.807, 2.05) is 0 Å². The van der Waals surface area contributed by atoms with Gasteiger partial charge in [-0.3, -0.25) is 0 Å². The molecule has 1 aromatic rings. The molecule has 19 heavy (non-hydrogen) atoms. The second kappa shape index (κ2) is 6.29. The van der Waals surface area contributed by atoms with Gasteiger partial charge in [-0.25, -0.2) is 4.79 Å². The Balaban J connectivity index is 2.16. The Morgan fingerprint density at radius 3 is 2.95 bits per heavy atom. The molecule has 1 aliphatic carbocycles. The summed E-state index contributed by atoms with van der Waals surface area (Å²) in [5.41, 5.74) is 0.145. The van der Waals surface area contributed by atoms with Gasteiger partial charge in [-0.15, -0.1) is 0 Å². The van der Waals surface area contributed by atoms with Gasteiger partial charge in [0, 0.05) is 0 Å². The first-order valence-electron chi connectivity index (χ1n) is 6.80. The minimum absolute atomic E-state index is 0.0803. The van der Waals surface area contributed by atoms with Gasteiger partial charge >= 0.3 is 5.97 Å². The summed E-state index contributed by atoms with van der Waals surface area (Å²) in [7, 11) is 0. The minimum atomic E-state index is -1.000. The number of para-hydroxylation sites is 1. The van der Waals surface area contributed by atoms with Gasteiger partial charge in [0.2, 0.25) is 0 Å². The highest BCUT2D eigenvalue weighted by atomic mass is 35.5. The minimum Gasteiger partial charge on any atom is -0.488 e. The molecule has 0 heterocycles. The van der Waals surface area contributed by atoms with Crippen molar-refractivity contribution in [2.24, 2.45) is 5.92 Å². The fourth-order valence-electron chi connectivity index (χ4n) is 2.68. The summed E-state index contributed by atoms with van der Waals surface area (Å²) >= 11 is 6.07. The average molecular weight is 283 g/mol.